The standard InChI is InChI=1S/C25H20N6O2/c1-33-22-11-8-19(9-12-22)23-13-15-28-31(23)25(32)29-20-5-2-4-18(16-20)7-10-21-17-26-24-6-3-14-27-30(21)24/h2-6,8-9,11-12,14-17,23H,13H2,1H3,(H,29,32). The van der Waals surface area contributed by atoms with Gasteiger partial charge in [0.05, 0.1) is 19.3 Å². The lowest BCUT2D eigenvalue weighted by Gasteiger charge is -2.22. The maximum atomic E-state index is 12.9. The third-order valence-corrected chi connectivity index (χ3v) is 5.27. The van der Waals surface area contributed by atoms with Crippen LogP contribution in [0.3, 0.4) is 0 Å². The van der Waals surface area contributed by atoms with Crippen LogP contribution in [0.4, 0.5) is 10.5 Å². The topological polar surface area (TPSA) is 84.1 Å². The monoisotopic (exact) mass is 436 g/mol. The number of carbonyl (C=O) groups is 1. The molecule has 0 radical (unpaired) electrons. The molecule has 0 saturated carbocycles. The second kappa shape index (κ2) is 8.85. The molecule has 0 aliphatic carbocycles. The number of ether oxygens (including phenoxy) is 1. The molecular weight excluding hydrogens is 416 g/mol. The average molecular weight is 436 g/mol. The zero-order chi connectivity index (χ0) is 22.6. The van der Waals surface area contributed by atoms with Crippen LogP contribution in [-0.4, -0.2) is 39.0 Å². The number of anilines is 1. The van der Waals surface area contributed by atoms with Crippen LogP contribution < -0.4 is 10.1 Å². The molecule has 8 heteroatoms. The molecule has 2 aromatic carbocycles. The molecule has 1 atom stereocenters. The van der Waals surface area contributed by atoms with E-state index in [1.807, 2.05) is 60.7 Å². The number of amides is 2. The van der Waals surface area contributed by atoms with Crippen LogP contribution in [-0.2, 0) is 0 Å². The molecule has 33 heavy (non-hydrogen) atoms. The van der Waals surface area contributed by atoms with Crippen molar-refractivity contribution in [3.05, 3.63) is 89.9 Å². The largest absolute Gasteiger partial charge is 0.497 e. The highest BCUT2D eigenvalue weighted by Crippen LogP contribution is 2.30. The summed E-state index contributed by atoms with van der Waals surface area (Å²) >= 11 is 0. The van der Waals surface area contributed by atoms with Crippen LogP contribution in [0.15, 0.2) is 78.2 Å². The van der Waals surface area contributed by atoms with Gasteiger partial charge in [-0.3, -0.25) is 0 Å². The number of hydrogen-bond donors (Lipinski definition) is 1. The SMILES string of the molecule is COc1ccc(C2CC=NN2C(=O)Nc2cccc(C#Cc3cnc4cccnn34)c2)cc1. The van der Waals surface area contributed by atoms with Crippen LogP contribution in [0.25, 0.3) is 5.65 Å². The zero-order valence-corrected chi connectivity index (χ0v) is 17.8. The normalized spacial score (nSPS) is 14.7. The van der Waals surface area contributed by atoms with E-state index in [1.165, 1.54) is 5.01 Å². The molecule has 1 N–H and O–H groups in total. The number of fused-ring (bicyclic) bond motifs is 1. The van der Waals surface area contributed by atoms with Crippen molar-refractivity contribution in [1.82, 2.24) is 19.6 Å². The molecule has 2 aromatic heterocycles. The van der Waals surface area contributed by atoms with Crippen molar-refractivity contribution < 1.29 is 9.53 Å². The maximum absolute atomic E-state index is 12.9. The molecule has 0 spiro atoms. The Bertz CT molecular complexity index is 1400. The van der Waals surface area contributed by atoms with Gasteiger partial charge in [0.2, 0.25) is 0 Å². The third kappa shape index (κ3) is 4.25. The summed E-state index contributed by atoms with van der Waals surface area (Å²) in [6.45, 7) is 0. The molecule has 162 valence electrons. The van der Waals surface area contributed by atoms with E-state index >= 15 is 0 Å². The Labute approximate surface area is 190 Å². The minimum atomic E-state index is -0.305. The summed E-state index contributed by atoms with van der Waals surface area (Å²) in [6.07, 6.45) is 5.78. The van der Waals surface area contributed by atoms with Gasteiger partial charge in [0.1, 0.15) is 11.4 Å². The van der Waals surface area contributed by atoms with Gasteiger partial charge in [0, 0.05) is 30.1 Å². The van der Waals surface area contributed by atoms with E-state index in [1.54, 1.807) is 30.2 Å². The number of urea groups is 1. The molecule has 5 rings (SSSR count). The first-order valence-corrected chi connectivity index (χ1v) is 10.4. The number of hydrazone groups is 1. The minimum absolute atomic E-state index is 0.165. The van der Waals surface area contributed by atoms with E-state index in [0.717, 1.165) is 22.5 Å². The van der Waals surface area contributed by atoms with Crippen molar-refractivity contribution in [3.8, 4) is 17.6 Å². The highest BCUT2D eigenvalue weighted by molar-refractivity contribution is 5.91. The predicted molar refractivity (Wildman–Crippen MR) is 125 cm³/mol. The molecule has 0 fully saturated rings. The van der Waals surface area contributed by atoms with E-state index in [2.05, 4.69) is 32.3 Å². The number of nitrogens with zero attached hydrogens (tertiary/aromatic N) is 5. The summed E-state index contributed by atoms with van der Waals surface area (Å²) in [5.41, 5.74) is 3.81. The van der Waals surface area contributed by atoms with Gasteiger partial charge in [-0.1, -0.05) is 24.1 Å². The first-order valence-electron chi connectivity index (χ1n) is 10.4. The van der Waals surface area contributed by atoms with Crippen molar-refractivity contribution in [2.45, 2.75) is 12.5 Å². The number of imidazole rings is 1. The number of carbonyl (C=O) groups excluding carboxylic acids is 1. The van der Waals surface area contributed by atoms with Crippen LogP contribution >= 0.6 is 0 Å². The summed E-state index contributed by atoms with van der Waals surface area (Å²) in [4.78, 5) is 17.2. The highest BCUT2D eigenvalue weighted by atomic mass is 16.5. The number of methoxy groups -OCH3 is 1. The minimum Gasteiger partial charge on any atom is -0.497 e. The molecule has 0 saturated heterocycles. The van der Waals surface area contributed by atoms with Crippen molar-refractivity contribution in [2.24, 2.45) is 5.10 Å². The lowest BCUT2D eigenvalue weighted by Crippen LogP contribution is -2.31. The van der Waals surface area contributed by atoms with Crippen LogP contribution in [0, 0.1) is 11.8 Å². The lowest BCUT2D eigenvalue weighted by atomic mass is 10.0. The Morgan fingerprint density at radius 1 is 1.12 bits per heavy atom. The Hall–Kier alpha value is -4.64. The number of rotatable bonds is 3. The van der Waals surface area contributed by atoms with Crippen molar-refractivity contribution in [1.29, 1.82) is 0 Å². The summed E-state index contributed by atoms with van der Waals surface area (Å²) < 4.78 is 6.90. The molecule has 0 bridgehead atoms. The average Bonchev–Trinajstić information content (AvgIpc) is 3.51. The van der Waals surface area contributed by atoms with E-state index in [9.17, 15) is 4.79 Å². The molecule has 1 aliphatic heterocycles. The molecule has 8 nitrogen and oxygen atoms in total. The first-order chi connectivity index (χ1) is 16.2. The van der Waals surface area contributed by atoms with Crippen molar-refractivity contribution >= 4 is 23.6 Å². The van der Waals surface area contributed by atoms with Crippen LogP contribution in [0.1, 0.15) is 29.3 Å². The molecule has 4 aromatic rings. The van der Waals surface area contributed by atoms with E-state index in [-0.39, 0.29) is 12.1 Å². The van der Waals surface area contributed by atoms with Gasteiger partial charge >= 0.3 is 6.03 Å². The Morgan fingerprint density at radius 2 is 2.00 bits per heavy atom. The first kappa shape index (κ1) is 20.3. The second-order valence-corrected chi connectivity index (χ2v) is 7.37. The summed E-state index contributed by atoms with van der Waals surface area (Å²) in [7, 11) is 1.63. The molecule has 1 aliphatic rings. The van der Waals surface area contributed by atoms with Crippen molar-refractivity contribution in [3.63, 3.8) is 0 Å². The lowest BCUT2D eigenvalue weighted by molar-refractivity contribution is 0.200. The summed E-state index contributed by atoms with van der Waals surface area (Å²) in [6, 6.07) is 18.3. The summed E-state index contributed by atoms with van der Waals surface area (Å²) in [5, 5.41) is 12.9. The Kier molecular flexibility index (Phi) is 5.43. The Morgan fingerprint density at radius 3 is 2.85 bits per heavy atom. The number of benzene rings is 2. The van der Waals surface area contributed by atoms with Gasteiger partial charge in [-0.05, 0) is 53.9 Å². The molecular formula is C25H20N6O2. The maximum Gasteiger partial charge on any atom is 0.342 e. The van der Waals surface area contributed by atoms with Gasteiger partial charge in [0.15, 0.2) is 5.65 Å². The highest BCUT2D eigenvalue weighted by Gasteiger charge is 2.28. The number of aromatic nitrogens is 3. The van der Waals surface area contributed by atoms with E-state index < -0.39 is 0 Å². The Balaban J connectivity index is 1.31. The number of nitrogens with one attached hydrogen (secondary N) is 1. The summed E-state index contributed by atoms with van der Waals surface area (Å²) in [5.74, 6) is 6.97. The van der Waals surface area contributed by atoms with E-state index in [0.29, 0.717) is 17.8 Å². The van der Waals surface area contributed by atoms with Gasteiger partial charge in [0.25, 0.3) is 0 Å². The zero-order valence-electron chi connectivity index (χ0n) is 17.8. The van der Waals surface area contributed by atoms with Crippen LogP contribution in [0.5, 0.6) is 5.75 Å². The molecule has 3 heterocycles. The van der Waals surface area contributed by atoms with Gasteiger partial charge in [-0.25, -0.2) is 19.3 Å². The number of hydrogen-bond acceptors (Lipinski definition) is 5. The fourth-order valence-corrected chi connectivity index (χ4v) is 3.62. The van der Waals surface area contributed by atoms with Gasteiger partial charge < -0.3 is 10.1 Å². The third-order valence-electron chi connectivity index (χ3n) is 5.27. The quantitative estimate of drug-likeness (QED) is 0.490. The van der Waals surface area contributed by atoms with Gasteiger partial charge in [-0.2, -0.15) is 10.2 Å². The van der Waals surface area contributed by atoms with Crippen LogP contribution in [0.2, 0.25) is 0 Å². The van der Waals surface area contributed by atoms with Gasteiger partial charge in [-0.15, -0.1) is 0 Å². The second-order valence-electron chi connectivity index (χ2n) is 7.37. The fraction of sp³-hybridized carbons (Fsp3) is 0.120. The van der Waals surface area contributed by atoms with E-state index in [4.69, 9.17) is 4.74 Å². The smallest absolute Gasteiger partial charge is 0.342 e. The predicted octanol–water partition coefficient (Wildman–Crippen LogP) is 4.10. The van der Waals surface area contributed by atoms with Crippen molar-refractivity contribution in [2.75, 3.05) is 12.4 Å². The fourth-order valence-electron chi connectivity index (χ4n) is 3.62. The molecule has 2 amide bonds. The molecule has 1 unspecified atom stereocenters.